The maximum Gasteiger partial charge on any atom is 0.0163 e. The van der Waals surface area contributed by atoms with E-state index in [1.165, 1.54) is 64.2 Å². The molecule has 0 aromatic carbocycles. The van der Waals surface area contributed by atoms with Gasteiger partial charge in [-0.05, 0) is 12.7 Å². The van der Waals surface area contributed by atoms with E-state index in [0.717, 1.165) is 0 Å². The van der Waals surface area contributed by atoms with Crippen LogP contribution in [0.2, 0.25) is 0 Å². The van der Waals surface area contributed by atoms with E-state index in [9.17, 15) is 0 Å². The lowest BCUT2D eigenvalue weighted by Gasteiger charge is -2.01. The molecule has 0 spiro atoms. The number of unbranched alkanes of at least 4 members (excludes halogenated alkanes) is 9. The molecule has 0 bridgehead atoms. The number of hydrogen-bond donors (Lipinski definition) is 0. The SMILES string of the molecule is CCCCCCCCCCC[CH]SC. The van der Waals surface area contributed by atoms with Crippen LogP contribution >= 0.6 is 11.8 Å². The third-order valence-corrected chi connectivity index (χ3v) is 3.16. The number of hydrogen-bond acceptors (Lipinski definition) is 1. The molecule has 0 rings (SSSR count). The Bertz CT molecular complexity index is 79.2. The molecule has 14 heavy (non-hydrogen) atoms. The van der Waals surface area contributed by atoms with Crippen molar-refractivity contribution in [2.24, 2.45) is 0 Å². The summed E-state index contributed by atoms with van der Waals surface area (Å²) in [5, 5.41) is 0. The highest BCUT2D eigenvalue weighted by atomic mass is 32.2. The van der Waals surface area contributed by atoms with Crippen LogP contribution in [0.3, 0.4) is 0 Å². The first-order valence-corrected chi connectivity index (χ1v) is 7.55. The van der Waals surface area contributed by atoms with Crippen molar-refractivity contribution in [1.29, 1.82) is 0 Å². The van der Waals surface area contributed by atoms with E-state index in [-0.39, 0.29) is 0 Å². The summed E-state index contributed by atoms with van der Waals surface area (Å²) in [5.41, 5.74) is 0. The number of thioether (sulfide) groups is 1. The molecule has 0 N–H and O–H groups in total. The molecule has 0 heterocycles. The second-order valence-corrected chi connectivity index (χ2v) is 4.82. The van der Waals surface area contributed by atoms with Gasteiger partial charge in [0.2, 0.25) is 0 Å². The first-order chi connectivity index (χ1) is 6.91. The normalized spacial score (nSPS) is 10.7. The highest BCUT2D eigenvalue weighted by Crippen LogP contribution is 2.12. The van der Waals surface area contributed by atoms with Crippen LogP contribution in [0.5, 0.6) is 0 Å². The molecule has 0 unspecified atom stereocenters. The van der Waals surface area contributed by atoms with Crippen LogP contribution in [-0.4, -0.2) is 6.26 Å². The monoisotopic (exact) mass is 215 g/mol. The fraction of sp³-hybridized carbons (Fsp3) is 0.923. The summed E-state index contributed by atoms with van der Waals surface area (Å²) in [6.07, 6.45) is 16.4. The van der Waals surface area contributed by atoms with Gasteiger partial charge in [-0.2, -0.15) is 11.8 Å². The molecule has 0 atom stereocenters. The van der Waals surface area contributed by atoms with E-state index in [1.54, 1.807) is 0 Å². The van der Waals surface area contributed by atoms with Gasteiger partial charge in [0.05, 0.1) is 0 Å². The van der Waals surface area contributed by atoms with Gasteiger partial charge in [0.1, 0.15) is 0 Å². The van der Waals surface area contributed by atoms with Crippen molar-refractivity contribution < 1.29 is 0 Å². The second-order valence-electron chi connectivity index (χ2n) is 4.02. The summed E-state index contributed by atoms with van der Waals surface area (Å²) < 4.78 is 0. The van der Waals surface area contributed by atoms with Crippen LogP contribution in [0.1, 0.15) is 71.1 Å². The fourth-order valence-electron chi connectivity index (χ4n) is 1.66. The minimum absolute atomic E-state index is 1.30. The summed E-state index contributed by atoms with van der Waals surface area (Å²) in [6.45, 7) is 2.28. The molecule has 0 aromatic rings. The molecule has 0 aliphatic carbocycles. The van der Waals surface area contributed by atoms with E-state index < -0.39 is 0 Å². The van der Waals surface area contributed by atoms with Crippen LogP contribution in [0, 0.1) is 5.75 Å². The Morgan fingerprint density at radius 3 is 1.79 bits per heavy atom. The Hall–Kier alpha value is 0.350. The Labute approximate surface area is 95.2 Å². The van der Waals surface area contributed by atoms with Gasteiger partial charge in [-0.15, -0.1) is 0 Å². The van der Waals surface area contributed by atoms with Crippen LogP contribution < -0.4 is 0 Å². The van der Waals surface area contributed by atoms with Gasteiger partial charge in [0.25, 0.3) is 0 Å². The van der Waals surface area contributed by atoms with Crippen LogP contribution in [-0.2, 0) is 0 Å². The van der Waals surface area contributed by atoms with Crippen molar-refractivity contribution in [1.82, 2.24) is 0 Å². The fourth-order valence-corrected chi connectivity index (χ4v) is 2.06. The molecule has 0 amide bonds. The van der Waals surface area contributed by atoms with E-state index in [2.05, 4.69) is 18.9 Å². The predicted molar refractivity (Wildman–Crippen MR) is 69.7 cm³/mol. The molecule has 0 aromatic heterocycles. The van der Waals surface area contributed by atoms with E-state index in [0.29, 0.717) is 0 Å². The first-order valence-electron chi connectivity index (χ1n) is 6.26. The van der Waals surface area contributed by atoms with Gasteiger partial charge in [-0.3, -0.25) is 0 Å². The topological polar surface area (TPSA) is 0 Å². The smallest absolute Gasteiger partial charge is 0.0163 e. The molecule has 0 nitrogen and oxygen atoms in total. The van der Waals surface area contributed by atoms with Crippen molar-refractivity contribution in [3.8, 4) is 0 Å². The Balaban J connectivity index is 2.78. The average molecular weight is 215 g/mol. The van der Waals surface area contributed by atoms with Crippen LogP contribution in [0.4, 0.5) is 0 Å². The van der Waals surface area contributed by atoms with Crippen molar-refractivity contribution in [3.05, 3.63) is 5.75 Å². The van der Waals surface area contributed by atoms with Gasteiger partial charge in [-0.25, -0.2) is 0 Å². The van der Waals surface area contributed by atoms with Gasteiger partial charge < -0.3 is 0 Å². The molecule has 0 aliphatic heterocycles. The first kappa shape index (κ1) is 14.3. The quantitative estimate of drug-likeness (QED) is 0.414. The largest absolute Gasteiger partial charge is 0.161 e. The molecule has 0 saturated carbocycles. The molecule has 1 heteroatoms. The zero-order chi connectivity index (χ0) is 10.5. The molecule has 85 valence electrons. The molecule has 0 saturated heterocycles. The van der Waals surface area contributed by atoms with Crippen LogP contribution in [0.15, 0.2) is 0 Å². The third-order valence-electron chi connectivity index (χ3n) is 2.59. The molecular weight excluding hydrogens is 188 g/mol. The summed E-state index contributed by atoms with van der Waals surface area (Å²) >= 11 is 1.85. The molecule has 0 fully saturated rings. The zero-order valence-corrected chi connectivity index (χ0v) is 10.9. The van der Waals surface area contributed by atoms with Gasteiger partial charge >= 0.3 is 0 Å². The third kappa shape index (κ3) is 12.3. The van der Waals surface area contributed by atoms with Gasteiger partial charge in [0.15, 0.2) is 0 Å². The lowest BCUT2D eigenvalue weighted by atomic mass is 10.1. The minimum Gasteiger partial charge on any atom is -0.161 e. The predicted octanol–water partition coefficient (Wildman–Crippen LogP) is 5.43. The van der Waals surface area contributed by atoms with Crippen molar-refractivity contribution in [2.75, 3.05) is 6.26 Å². The molecule has 0 aliphatic rings. The summed E-state index contributed by atoms with van der Waals surface area (Å²) in [6, 6.07) is 0. The van der Waals surface area contributed by atoms with Crippen molar-refractivity contribution in [3.63, 3.8) is 0 Å². The van der Waals surface area contributed by atoms with E-state index >= 15 is 0 Å². The lowest BCUT2D eigenvalue weighted by molar-refractivity contribution is 0.565. The molecular formula is C13H27S. The van der Waals surface area contributed by atoms with Crippen molar-refractivity contribution in [2.45, 2.75) is 71.1 Å². The summed E-state index contributed by atoms with van der Waals surface area (Å²) in [5.74, 6) is 2.32. The van der Waals surface area contributed by atoms with E-state index in [1.807, 2.05) is 11.8 Å². The zero-order valence-electron chi connectivity index (χ0n) is 10.1. The summed E-state index contributed by atoms with van der Waals surface area (Å²) in [4.78, 5) is 0. The average Bonchev–Trinajstić information content (AvgIpc) is 2.21. The number of rotatable bonds is 11. The summed E-state index contributed by atoms with van der Waals surface area (Å²) in [7, 11) is 0. The van der Waals surface area contributed by atoms with Crippen LogP contribution in [0.25, 0.3) is 0 Å². The Kier molecular flexibility index (Phi) is 13.7. The van der Waals surface area contributed by atoms with Gasteiger partial charge in [-0.1, -0.05) is 64.7 Å². The standard InChI is InChI=1S/C13H27S/c1-3-4-5-6-7-8-9-10-11-12-13-14-2/h13H,3-12H2,1-2H3. The van der Waals surface area contributed by atoms with E-state index in [4.69, 9.17) is 0 Å². The lowest BCUT2D eigenvalue weighted by Crippen LogP contribution is -1.81. The highest BCUT2D eigenvalue weighted by molar-refractivity contribution is 8.00. The Morgan fingerprint density at radius 1 is 0.786 bits per heavy atom. The highest BCUT2D eigenvalue weighted by Gasteiger charge is 1.91. The maximum absolute atomic E-state index is 2.32. The van der Waals surface area contributed by atoms with Gasteiger partial charge in [0, 0.05) is 5.75 Å². The Morgan fingerprint density at radius 2 is 1.29 bits per heavy atom. The second kappa shape index (κ2) is 13.4. The van der Waals surface area contributed by atoms with Crippen molar-refractivity contribution >= 4 is 11.8 Å². The molecule has 1 radical (unpaired) electrons. The minimum atomic E-state index is 1.30. The maximum atomic E-state index is 2.32.